The number of hydrogen-bond acceptors (Lipinski definition) is 1. The molecule has 2 aromatic rings. The van der Waals surface area contributed by atoms with Crippen LogP contribution < -0.4 is 0 Å². The molecular formula is C11H2Cl7N. The summed E-state index contributed by atoms with van der Waals surface area (Å²) < 4.78 is 0. The zero-order valence-electron chi connectivity index (χ0n) is 8.75. The number of aromatic nitrogens is 1. The van der Waals surface area contributed by atoms with Gasteiger partial charge < -0.3 is 0 Å². The molecule has 1 heterocycles. The average molecular weight is 396 g/mol. The molecule has 1 nitrogen and oxygen atoms in total. The van der Waals surface area contributed by atoms with Gasteiger partial charge in [-0.3, -0.25) is 4.98 Å². The zero-order chi connectivity index (χ0) is 14.3. The van der Waals surface area contributed by atoms with E-state index in [1.807, 2.05) is 0 Å². The van der Waals surface area contributed by atoms with E-state index in [0.717, 1.165) is 0 Å². The van der Waals surface area contributed by atoms with E-state index in [2.05, 4.69) is 4.98 Å². The SMILES string of the molecule is Clc1cnc(-c2c(Cl)c(Cl)c(Cl)c(Cl)c2Cl)c(Cl)c1. The molecule has 0 N–H and O–H groups in total. The predicted molar refractivity (Wildman–Crippen MR) is 84.7 cm³/mol. The van der Waals surface area contributed by atoms with Crippen molar-refractivity contribution >= 4 is 81.2 Å². The van der Waals surface area contributed by atoms with Gasteiger partial charge in [0.2, 0.25) is 0 Å². The average Bonchev–Trinajstić information content (AvgIpc) is 2.37. The quantitative estimate of drug-likeness (QED) is 0.363. The maximum atomic E-state index is 6.13. The zero-order valence-corrected chi connectivity index (χ0v) is 14.0. The molecule has 0 aliphatic rings. The lowest BCUT2D eigenvalue weighted by Crippen LogP contribution is -1.90. The highest BCUT2D eigenvalue weighted by molar-refractivity contribution is 6.56. The molecule has 0 atom stereocenters. The monoisotopic (exact) mass is 393 g/mol. The molecule has 0 aliphatic heterocycles. The fraction of sp³-hybridized carbons (Fsp3) is 0. The Bertz CT molecular complexity index is 640. The molecule has 0 bridgehead atoms. The predicted octanol–water partition coefficient (Wildman–Crippen LogP) is 7.32. The van der Waals surface area contributed by atoms with Gasteiger partial charge >= 0.3 is 0 Å². The van der Waals surface area contributed by atoms with Crippen LogP contribution in [0.4, 0.5) is 0 Å². The summed E-state index contributed by atoms with van der Waals surface area (Å²) in [5, 5.41) is 1.14. The van der Waals surface area contributed by atoms with Crippen LogP contribution >= 0.6 is 81.2 Å². The van der Waals surface area contributed by atoms with Crippen LogP contribution in [0, 0.1) is 0 Å². The number of nitrogens with zero attached hydrogens (tertiary/aromatic N) is 1. The van der Waals surface area contributed by atoms with E-state index in [4.69, 9.17) is 81.2 Å². The lowest BCUT2D eigenvalue weighted by Gasteiger charge is -2.13. The van der Waals surface area contributed by atoms with Gasteiger partial charge in [0.1, 0.15) is 0 Å². The summed E-state index contributed by atoms with van der Waals surface area (Å²) in [4.78, 5) is 4.09. The minimum absolute atomic E-state index is 0.0761. The highest BCUT2D eigenvalue weighted by Crippen LogP contribution is 2.49. The number of rotatable bonds is 1. The molecule has 0 amide bonds. The number of pyridine rings is 1. The summed E-state index contributed by atoms with van der Waals surface area (Å²) in [7, 11) is 0. The first-order valence-electron chi connectivity index (χ1n) is 4.67. The van der Waals surface area contributed by atoms with Gasteiger partial charge in [0.15, 0.2) is 0 Å². The van der Waals surface area contributed by atoms with Gasteiger partial charge in [-0.15, -0.1) is 0 Å². The molecule has 19 heavy (non-hydrogen) atoms. The number of benzene rings is 1. The van der Waals surface area contributed by atoms with Crippen molar-refractivity contribution in [3.05, 3.63) is 47.4 Å². The Morgan fingerprint density at radius 2 is 1.16 bits per heavy atom. The lowest BCUT2D eigenvalue weighted by molar-refractivity contribution is 1.33. The molecule has 0 aliphatic carbocycles. The second kappa shape index (κ2) is 6.03. The van der Waals surface area contributed by atoms with E-state index >= 15 is 0 Å². The maximum Gasteiger partial charge on any atom is 0.0920 e. The summed E-state index contributed by atoms with van der Waals surface area (Å²) in [6, 6.07) is 1.51. The molecule has 1 aromatic heterocycles. The molecule has 1 aromatic carbocycles. The van der Waals surface area contributed by atoms with Gasteiger partial charge in [-0.2, -0.15) is 0 Å². The summed E-state index contributed by atoms with van der Waals surface area (Å²) in [6.45, 7) is 0. The van der Waals surface area contributed by atoms with Crippen LogP contribution in [0.3, 0.4) is 0 Å². The van der Waals surface area contributed by atoms with Crippen molar-refractivity contribution in [2.45, 2.75) is 0 Å². The Hall–Kier alpha value is 0.400. The van der Waals surface area contributed by atoms with E-state index in [0.29, 0.717) is 16.3 Å². The van der Waals surface area contributed by atoms with Crippen molar-refractivity contribution < 1.29 is 0 Å². The highest BCUT2D eigenvalue weighted by Gasteiger charge is 2.22. The molecule has 0 fully saturated rings. The second-order valence-corrected chi connectivity index (χ2v) is 6.16. The topological polar surface area (TPSA) is 12.9 Å². The van der Waals surface area contributed by atoms with Crippen molar-refractivity contribution in [2.75, 3.05) is 0 Å². The summed E-state index contributed by atoms with van der Waals surface area (Å²) in [5.74, 6) is 0. The van der Waals surface area contributed by atoms with Crippen LogP contribution in [0.1, 0.15) is 0 Å². The smallest absolute Gasteiger partial charge is 0.0920 e. The Labute approximate surface area is 144 Å². The van der Waals surface area contributed by atoms with E-state index in [9.17, 15) is 0 Å². The van der Waals surface area contributed by atoms with Crippen molar-refractivity contribution in [1.82, 2.24) is 4.98 Å². The molecular weight excluding hydrogens is 394 g/mol. The highest BCUT2D eigenvalue weighted by atomic mass is 35.5. The third-order valence-electron chi connectivity index (χ3n) is 2.25. The third-order valence-corrected chi connectivity index (χ3v) is 5.03. The van der Waals surface area contributed by atoms with E-state index < -0.39 is 0 Å². The van der Waals surface area contributed by atoms with Crippen molar-refractivity contribution in [1.29, 1.82) is 0 Å². The first-order chi connectivity index (χ1) is 8.84. The summed E-state index contributed by atoms with van der Waals surface area (Å²) >= 11 is 42.0. The van der Waals surface area contributed by atoms with Crippen LogP contribution in [0.15, 0.2) is 12.3 Å². The van der Waals surface area contributed by atoms with Gasteiger partial charge in [-0.05, 0) is 6.07 Å². The van der Waals surface area contributed by atoms with Crippen molar-refractivity contribution in [3.8, 4) is 11.3 Å². The fourth-order valence-electron chi connectivity index (χ4n) is 1.41. The molecule has 0 unspecified atom stereocenters. The van der Waals surface area contributed by atoms with Crippen LogP contribution in [0.25, 0.3) is 11.3 Å². The second-order valence-electron chi connectivity index (χ2n) is 3.43. The minimum Gasteiger partial charge on any atom is -0.253 e. The Kier molecular flexibility index (Phi) is 5.01. The van der Waals surface area contributed by atoms with Gasteiger partial charge in [-0.1, -0.05) is 81.2 Å². The van der Waals surface area contributed by atoms with Crippen LogP contribution in [0.5, 0.6) is 0 Å². The summed E-state index contributed by atoms with van der Waals surface area (Å²) in [5.41, 5.74) is 0.630. The first kappa shape index (κ1) is 15.8. The summed E-state index contributed by atoms with van der Waals surface area (Å²) in [6.07, 6.45) is 1.41. The van der Waals surface area contributed by atoms with Crippen molar-refractivity contribution in [3.63, 3.8) is 0 Å². The van der Waals surface area contributed by atoms with Gasteiger partial charge in [0.25, 0.3) is 0 Å². The molecule has 0 saturated heterocycles. The van der Waals surface area contributed by atoms with E-state index in [1.165, 1.54) is 12.3 Å². The van der Waals surface area contributed by atoms with Crippen molar-refractivity contribution in [2.24, 2.45) is 0 Å². The van der Waals surface area contributed by atoms with Crippen LogP contribution in [0.2, 0.25) is 35.2 Å². The maximum absolute atomic E-state index is 6.13. The molecule has 8 heteroatoms. The Morgan fingerprint density at radius 3 is 1.63 bits per heavy atom. The van der Waals surface area contributed by atoms with Crippen LogP contribution in [-0.2, 0) is 0 Å². The number of halogens is 7. The lowest BCUT2D eigenvalue weighted by atomic mass is 10.1. The number of hydrogen-bond donors (Lipinski definition) is 0. The van der Waals surface area contributed by atoms with Gasteiger partial charge in [0.05, 0.1) is 40.9 Å². The Balaban J connectivity index is 2.83. The van der Waals surface area contributed by atoms with E-state index in [-0.39, 0.29) is 30.1 Å². The normalized spacial score (nSPS) is 10.9. The molecule has 0 spiro atoms. The van der Waals surface area contributed by atoms with Gasteiger partial charge in [0, 0.05) is 11.8 Å². The standard InChI is InChI=1S/C11H2Cl7N/c12-3-1-4(13)11(19-2-3)5-6(14)8(16)10(18)9(17)7(5)15/h1-2H. The first-order valence-corrected chi connectivity index (χ1v) is 7.32. The molecule has 0 saturated carbocycles. The molecule has 100 valence electrons. The Morgan fingerprint density at radius 1 is 0.684 bits per heavy atom. The molecule has 0 radical (unpaired) electrons. The fourth-order valence-corrected chi connectivity index (χ4v) is 3.20. The van der Waals surface area contributed by atoms with Gasteiger partial charge in [-0.25, -0.2) is 0 Å². The van der Waals surface area contributed by atoms with Crippen LogP contribution in [-0.4, -0.2) is 4.98 Å². The minimum atomic E-state index is 0.0761. The largest absolute Gasteiger partial charge is 0.253 e. The molecule has 2 rings (SSSR count). The third kappa shape index (κ3) is 2.89. The van der Waals surface area contributed by atoms with E-state index in [1.54, 1.807) is 0 Å².